The van der Waals surface area contributed by atoms with E-state index < -0.39 is 0 Å². The van der Waals surface area contributed by atoms with Crippen LogP contribution in [0.3, 0.4) is 0 Å². The van der Waals surface area contributed by atoms with Crippen LogP contribution in [0.15, 0.2) is 36.3 Å². The topological polar surface area (TPSA) is 18.5 Å². The molecule has 1 aliphatic carbocycles. The lowest BCUT2D eigenvalue weighted by Gasteiger charge is -2.09. The quantitative estimate of drug-likeness (QED) is 0.605. The SMILES string of the molecule is CCOC(=CCC1C=CC=C1)OCC. The van der Waals surface area contributed by atoms with Gasteiger partial charge in [-0.15, -0.1) is 0 Å². The summed E-state index contributed by atoms with van der Waals surface area (Å²) in [4.78, 5) is 0. The van der Waals surface area contributed by atoms with Crippen molar-refractivity contribution in [2.24, 2.45) is 5.92 Å². The van der Waals surface area contributed by atoms with Gasteiger partial charge in [0.25, 0.3) is 5.95 Å². The minimum absolute atomic E-state index is 0.505. The number of rotatable bonds is 6. The smallest absolute Gasteiger partial charge is 0.274 e. The van der Waals surface area contributed by atoms with Crippen LogP contribution in [0.4, 0.5) is 0 Å². The number of hydrogen-bond donors (Lipinski definition) is 0. The Morgan fingerprint density at radius 3 is 2.21 bits per heavy atom. The molecule has 0 saturated heterocycles. The molecule has 0 aromatic heterocycles. The predicted molar refractivity (Wildman–Crippen MR) is 57.7 cm³/mol. The molecule has 0 amide bonds. The molecule has 2 nitrogen and oxygen atoms in total. The Labute approximate surface area is 85.9 Å². The first-order valence-electron chi connectivity index (χ1n) is 5.17. The van der Waals surface area contributed by atoms with Gasteiger partial charge in [-0.3, -0.25) is 0 Å². The van der Waals surface area contributed by atoms with Gasteiger partial charge in [-0.1, -0.05) is 24.3 Å². The highest BCUT2D eigenvalue weighted by atomic mass is 16.7. The molecule has 0 saturated carbocycles. The van der Waals surface area contributed by atoms with Gasteiger partial charge >= 0.3 is 0 Å². The van der Waals surface area contributed by atoms with Crippen molar-refractivity contribution >= 4 is 0 Å². The molecule has 0 atom stereocenters. The molecule has 0 bridgehead atoms. The monoisotopic (exact) mass is 194 g/mol. The van der Waals surface area contributed by atoms with Crippen LogP contribution in [0.2, 0.25) is 0 Å². The molecule has 0 aromatic carbocycles. The summed E-state index contributed by atoms with van der Waals surface area (Å²) in [6, 6.07) is 0. The van der Waals surface area contributed by atoms with Crippen molar-refractivity contribution in [2.75, 3.05) is 13.2 Å². The molecule has 0 N–H and O–H groups in total. The average molecular weight is 194 g/mol. The van der Waals surface area contributed by atoms with Crippen molar-refractivity contribution in [1.29, 1.82) is 0 Å². The summed E-state index contributed by atoms with van der Waals surface area (Å²) in [6.07, 6.45) is 11.4. The summed E-state index contributed by atoms with van der Waals surface area (Å²) in [5.74, 6) is 1.16. The lowest BCUT2D eigenvalue weighted by Crippen LogP contribution is -1.98. The van der Waals surface area contributed by atoms with E-state index in [1.807, 2.05) is 19.9 Å². The van der Waals surface area contributed by atoms with Crippen LogP contribution >= 0.6 is 0 Å². The van der Waals surface area contributed by atoms with Crippen LogP contribution in [-0.2, 0) is 9.47 Å². The van der Waals surface area contributed by atoms with Gasteiger partial charge in [0.05, 0.1) is 13.2 Å². The Morgan fingerprint density at radius 2 is 1.71 bits per heavy atom. The van der Waals surface area contributed by atoms with Crippen molar-refractivity contribution in [3.05, 3.63) is 36.3 Å². The van der Waals surface area contributed by atoms with E-state index in [4.69, 9.17) is 9.47 Å². The van der Waals surface area contributed by atoms with Crippen molar-refractivity contribution in [1.82, 2.24) is 0 Å². The Hall–Kier alpha value is -1.18. The summed E-state index contributed by atoms with van der Waals surface area (Å²) >= 11 is 0. The standard InChI is InChI=1S/C12H18O2/c1-3-13-12(14-4-2)10-9-11-7-5-6-8-11/h5-8,10-11H,3-4,9H2,1-2H3. The molecular weight excluding hydrogens is 176 g/mol. The van der Waals surface area contributed by atoms with Gasteiger partial charge in [-0.25, -0.2) is 0 Å². The maximum absolute atomic E-state index is 5.33. The van der Waals surface area contributed by atoms with Gasteiger partial charge in [0, 0.05) is 0 Å². The van der Waals surface area contributed by atoms with Crippen LogP contribution in [-0.4, -0.2) is 13.2 Å². The first kappa shape index (κ1) is 10.9. The number of hydrogen-bond acceptors (Lipinski definition) is 2. The zero-order chi connectivity index (χ0) is 10.2. The van der Waals surface area contributed by atoms with Gasteiger partial charge < -0.3 is 9.47 Å². The van der Waals surface area contributed by atoms with Gasteiger partial charge in [-0.2, -0.15) is 0 Å². The molecule has 0 aliphatic heterocycles. The first-order valence-corrected chi connectivity index (χ1v) is 5.17. The zero-order valence-corrected chi connectivity index (χ0v) is 8.90. The van der Waals surface area contributed by atoms with E-state index in [1.165, 1.54) is 0 Å². The van der Waals surface area contributed by atoms with E-state index in [1.54, 1.807) is 0 Å². The second kappa shape index (κ2) is 6.30. The fourth-order valence-electron chi connectivity index (χ4n) is 1.31. The van der Waals surface area contributed by atoms with Crippen molar-refractivity contribution in [3.8, 4) is 0 Å². The maximum atomic E-state index is 5.33. The largest absolute Gasteiger partial charge is 0.466 e. The molecule has 0 fully saturated rings. The summed E-state index contributed by atoms with van der Waals surface area (Å²) < 4.78 is 10.7. The summed E-state index contributed by atoms with van der Waals surface area (Å²) in [7, 11) is 0. The van der Waals surface area contributed by atoms with Crippen LogP contribution in [0.5, 0.6) is 0 Å². The van der Waals surface area contributed by atoms with E-state index in [2.05, 4.69) is 24.3 Å². The molecule has 0 unspecified atom stereocenters. The van der Waals surface area contributed by atoms with Crippen LogP contribution in [0, 0.1) is 5.92 Å². The van der Waals surface area contributed by atoms with Crippen molar-refractivity contribution < 1.29 is 9.47 Å². The van der Waals surface area contributed by atoms with Crippen LogP contribution in [0.25, 0.3) is 0 Å². The molecule has 1 aliphatic rings. The first-order chi connectivity index (χ1) is 6.86. The fraction of sp³-hybridized carbons (Fsp3) is 0.500. The second-order valence-electron chi connectivity index (χ2n) is 3.06. The van der Waals surface area contributed by atoms with Crippen LogP contribution < -0.4 is 0 Å². The van der Waals surface area contributed by atoms with Gasteiger partial charge in [0.15, 0.2) is 0 Å². The van der Waals surface area contributed by atoms with Crippen molar-refractivity contribution in [2.45, 2.75) is 20.3 Å². The molecular formula is C12H18O2. The van der Waals surface area contributed by atoms with E-state index in [0.29, 0.717) is 25.1 Å². The van der Waals surface area contributed by atoms with Crippen LogP contribution in [0.1, 0.15) is 20.3 Å². The molecule has 14 heavy (non-hydrogen) atoms. The third kappa shape index (κ3) is 3.69. The molecule has 0 aromatic rings. The van der Waals surface area contributed by atoms with E-state index in [-0.39, 0.29) is 0 Å². The number of ether oxygens (including phenoxy) is 2. The minimum atomic E-state index is 0.505. The molecule has 0 spiro atoms. The highest BCUT2D eigenvalue weighted by Crippen LogP contribution is 2.15. The normalized spacial score (nSPS) is 14.4. The molecule has 0 radical (unpaired) electrons. The summed E-state index contributed by atoms with van der Waals surface area (Å²) in [5.41, 5.74) is 0. The predicted octanol–water partition coefficient (Wildman–Crippen LogP) is 3.03. The van der Waals surface area contributed by atoms with Gasteiger partial charge in [0.2, 0.25) is 0 Å². The second-order valence-corrected chi connectivity index (χ2v) is 3.06. The Balaban J connectivity index is 2.37. The number of allylic oxidation sites excluding steroid dienone is 5. The Kier molecular flexibility index (Phi) is 4.90. The highest BCUT2D eigenvalue weighted by Gasteiger charge is 2.03. The maximum Gasteiger partial charge on any atom is 0.274 e. The molecule has 2 heteroatoms. The fourth-order valence-corrected chi connectivity index (χ4v) is 1.31. The lowest BCUT2D eigenvalue weighted by atomic mass is 10.1. The Bertz CT molecular complexity index is 219. The third-order valence-corrected chi connectivity index (χ3v) is 1.96. The van der Waals surface area contributed by atoms with E-state index in [0.717, 1.165) is 6.42 Å². The lowest BCUT2D eigenvalue weighted by molar-refractivity contribution is 0.0453. The van der Waals surface area contributed by atoms with E-state index >= 15 is 0 Å². The van der Waals surface area contributed by atoms with Crippen molar-refractivity contribution in [3.63, 3.8) is 0 Å². The molecule has 0 heterocycles. The highest BCUT2D eigenvalue weighted by molar-refractivity contribution is 5.18. The zero-order valence-electron chi connectivity index (χ0n) is 8.90. The van der Waals surface area contributed by atoms with Gasteiger partial charge in [0.1, 0.15) is 0 Å². The summed E-state index contributed by atoms with van der Waals surface area (Å²) in [5, 5.41) is 0. The third-order valence-electron chi connectivity index (χ3n) is 1.96. The van der Waals surface area contributed by atoms with E-state index in [9.17, 15) is 0 Å². The molecule has 1 rings (SSSR count). The Morgan fingerprint density at radius 1 is 1.14 bits per heavy atom. The molecule has 78 valence electrons. The van der Waals surface area contributed by atoms with Gasteiger partial charge in [-0.05, 0) is 32.3 Å². The summed E-state index contributed by atoms with van der Waals surface area (Å²) in [6.45, 7) is 5.23. The minimum Gasteiger partial charge on any atom is -0.466 e. The average Bonchev–Trinajstić information content (AvgIpc) is 2.67.